The number of rotatable bonds is 3. The summed E-state index contributed by atoms with van der Waals surface area (Å²) in [6.07, 6.45) is 6.19. The highest BCUT2D eigenvalue weighted by atomic mass is 16.1. The lowest BCUT2D eigenvalue weighted by atomic mass is 9.75. The molecule has 2 heteroatoms. The lowest BCUT2D eigenvalue weighted by Crippen LogP contribution is -2.48. The molecule has 2 nitrogen and oxygen atoms in total. The van der Waals surface area contributed by atoms with Gasteiger partial charge in [0.2, 0.25) is 0 Å². The Morgan fingerprint density at radius 3 is 2.21 bits per heavy atom. The molecule has 0 aromatic heterocycles. The van der Waals surface area contributed by atoms with Gasteiger partial charge in [-0.15, -0.1) is 0 Å². The molecule has 1 aliphatic carbocycles. The third-order valence-corrected chi connectivity index (χ3v) is 4.01. The number of Topliss-reactive ketones (excluding diaryl/α,β-unsaturated/α-hetero) is 1. The first-order valence-corrected chi connectivity index (χ1v) is 6.05. The van der Waals surface area contributed by atoms with Crippen molar-refractivity contribution < 1.29 is 4.79 Å². The maximum atomic E-state index is 11.9. The van der Waals surface area contributed by atoms with Crippen LogP contribution < -0.4 is 5.32 Å². The first-order chi connectivity index (χ1) is 6.81. The lowest BCUT2D eigenvalue weighted by Gasteiger charge is -2.33. The molecule has 0 aromatic carbocycles. The highest BCUT2D eigenvalue weighted by Gasteiger charge is 2.32. The summed E-state index contributed by atoms with van der Waals surface area (Å²) in [6, 6.07) is 0. The van der Waals surface area contributed by atoms with Crippen molar-refractivity contribution in [2.45, 2.75) is 39.0 Å². The predicted octanol–water partition coefficient (Wildman–Crippen LogP) is 1.99. The minimum absolute atomic E-state index is 0.359. The van der Waals surface area contributed by atoms with E-state index in [4.69, 9.17) is 0 Å². The van der Waals surface area contributed by atoms with Crippen LogP contribution in [0.25, 0.3) is 0 Å². The highest BCUT2D eigenvalue weighted by molar-refractivity contribution is 5.84. The van der Waals surface area contributed by atoms with Gasteiger partial charge in [-0.25, -0.2) is 0 Å². The quantitative estimate of drug-likeness (QED) is 0.746. The molecule has 0 aromatic rings. The molecule has 80 valence electrons. The fourth-order valence-corrected chi connectivity index (χ4v) is 2.68. The van der Waals surface area contributed by atoms with Gasteiger partial charge in [0.1, 0.15) is 5.78 Å². The zero-order valence-corrected chi connectivity index (χ0v) is 9.09. The standard InChI is InChI=1S/C12H21NO/c1-2-9-3-5-10(6-4-9)12(14)11-7-13-8-11/h9-11,13H,2-8H2,1H3. The Labute approximate surface area is 86.5 Å². The topological polar surface area (TPSA) is 29.1 Å². The van der Waals surface area contributed by atoms with Gasteiger partial charge in [0.25, 0.3) is 0 Å². The van der Waals surface area contributed by atoms with Crippen molar-refractivity contribution in [3.63, 3.8) is 0 Å². The van der Waals surface area contributed by atoms with Gasteiger partial charge in [-0.2, -0.15) is 0 Å². The Morgan fingerprint density at radius 1 is 1.14 bits per heavy atom. The minimum Gasteiger partial charge on any atom is -0.315 e. The van der Waals surface area contributed by atoms with Crippen LogP contribution in [0.2, 0.25) is 0 Å². The first-order valence-electron chi connectivity index (χ1n) is 6.05. The Bertz CT molecular complexity index is 202. The van der Waals surface area contributed by atoms with Crippen LogP contribution in [0.15, 0.2) is 0 Å². The second kappa shape index (κ2) is 4.43. The van der Waals surface area contributed by atoms with E-state index in [-0.39, 0.29) is 0 Å². The Hall–Kier alpha value is -0.370. The number of ketones is 1. The first kappa shape index (κ1) is 10.2. The third kappa shape index (κ3) is 2.00. The van der Waals surface area contributed by atoms with Gasteiger partial charge < -0.3 is 5.32 Å². The van der Waals surface area contributed by atoms with Crippen LogP contribution in [0, 0.1) is 17.8 Å². The van der Waals surface area contributed by atoms with Crippen LogP contribution in [-0.4, -0.2) is 18.9 Å². The molecule has 2 fully saturated rings. The minimum atomic E-state index is 0.359. The molecule has 1 saturated carbocycles. The number of nitrogens with one attached hydrogen (secondary N) is 1. The molecule has 1 aliphatic heterocycles. The number of carbonyl (C=O) groups excluding carboxylic acids is 1. The molecule has 0 bridgehead atoms. The van der Waals surface area contributed by atoms with Gasteiger partial charge >= 0.3 is 0 Å². The van der Waals surface area contributed by atoms with Crippen molar-refractivity contribution in [2.24, 2.45) is 17.8 Å². The van der Waals surface area contributed by atoms with Crippen molar-refractivity contribution in [1.82, 2.24) is 5.32 Å². The molecule has 1 heterocycles. The fraction of sp³-hybridized carbons (Fsp3) is 0.917. The van der Waals surface area contributed by atoms with E-state index >= 15 is 0 Å². The number of hydrogen-bond donors (Lipinski definition) is 1. The molecule has 0 unspecified atom stereocenters. The maximum Gasteiger partial charge on any atom is 0.141 e. The molecule has 1 saturated heterocycles. The molecule has 0 radical (unpaired) electrons. The smallest absolute Gasteiger partial charge is 0.141 e. The average Bonchev–Trinajstić information content (AvgIpc) is 2.15. The van der Waals surface area contributed by atoms with E-state index in [1.54, 1.807) is 0 Å². The van der Waals surface area contributed by atoms with Crippen molar-refractivity contribution in [1.29, 1.82) is 0 Å². The Balaban J connectivity index is 1.79. The van der Waals surface area contributed by atoms with E-state index in [0.717, 1.165) is 31.8 Å². The summed E-state index contributed by atoms with van der Waals surface area (Å²) in [7, 11) is 0. The van der Waals surface area contributed by atoms with E-state index in [9.17, 15) is 4.79 Å². The van der Waals surface area contributed by atoms with Crippen molar-refractivity contribution in [3.05, 3.63) is 0 Å². The van der Waals surface area contributed by atoms with Crippen molar-refractivity contribution >= 4 is 5.78 Å². The second-order valence-corrected chi connectivity index (χ2v) is 4.88. The van der Waals surface area contributed by atoms with Crippen molar-refractivity contribution in [3.8, 4) is 0 Å². The van der Waals surface area contributed by atoms with Gasteiger partial charge in [-0.3, -0.25) is 4.79 Å². The summed E-state index contributed by atoms with van der Waals surface area (Å²) in [5.74, 6) is 2.22. The normalized spacial score (nSPS) is 33.8. The van der Waals surface area contributed by atoms with E-state index in [0.29, 0.717) is 17.6 Å². The molecule has 2 rings (SSSR count). The summed E-state index contributed by atoms with van der Waals surface area (Å²) in [6.45, 7) is 4.14. The van der Waals surface area contributed by atoms with Crippen LogP contribution in [0.3, 0.4) is 0 Å². The molecule has 14 heavy (non-hydrogen) atoms. The molecular weight excluding hydrogens is 174 g/mol. The molecule has 0 amide bonds. The molecule has 0 atom stereocenters. The number of hydrogen-bond acceptors (Lipinski definition) is 2. The largest absolute Gasteiger partial charge is 0.315 e. The summed E-state index contributed by atoms with van der Waals surface area (Å²) in [4.78, 5) is 11.9. The monoisotopic (exact) mass is 195 g/mol. The van der Waals surface area contributed by atoms with Gasteiger partial charge in [0, 0.05) is 24.9 Å². The van der Waals surface area contributed by atoms with E-state index in [1.807, 2.05) is 0 Å². The fourth-order valence-electron chi connectivity index (χ4n) is 2.68. The zero-order valence-electron chi connectivity index (χ0n) is 9.09. The molecule has 2 aliphatic rings. The van der Waals surface area contributed by atoms with Gasteiger partial charge in [0.15, 0.2) is 0 Å². The molecule has 0 spiro atoms. The summed E-state index contributed by atoms with van der Waals surface area (Å²) >= 11 is 0. The van der Waals surface area contributed by atoms with Gasteiger partial charge in [-0.1, -0.05) is 13.3 Å². The second-order valence-electron chi connectivity index (χ2n) is 4.88. The van der Waals surface area contributed by atoms with Crippen LogP contribution >= 0.6 is 0 Å². The summed E-state index contributed by atoms with van der Waals surface area (Å²) in [5.41, 5.74) is 0. The predicted molar refractivity (Wildman–Crippen MR) is 57.1 cm³/mol. The van der Waals surface area contributed by atoms with Crippen LogP contribution in [0.4, 0.5) is 0 Å². The zero-order chi connectivity index (χ0) is 9.97. The maximum absolute atomic E-state index is 11.9. The number of carbonyl (C=O) groups is 1. The average molecular weight is 195 g/mol. The van der Waals surface area contributed by atoms with Crippen molar-refractivity contribution in [2.75, 3.05) is 13.1 Å². The molecular formula is C12H21NO. The van der Waals surface area contributed by atoms with E-state index < -0.39 is 0 Å². The van der Waals surface area contributed by atoms with E-state index in [1.165, 1.54) is 19.3 Å². The SMILES string of the molecule is CCC1CCC(C(=O)C2CNC2)CC1. The lowest BCUT2D eigenvalue weighted by molar-refractivity contribution is -0.129. The highest BCUT2D eigenvalue weighted by Crippen LogP contribution is 2.32. The van der Waals surface area contributed by atoms with Crippen LogP contribution in [-0.2, 0) is 4.79 Å². The van der Waals surface area contributed by atoms with Crippen LogP contribution in [0.5, 0.6) is 0 Å². The summed E-state index contributed by atoms with van der Waals surface area (Å²) in [5, 5.41) is 3.18. The Kier molecular flexibility index (Phi) is 3.22. The summed E-state index contributed by atoms with van der Waals surface area (Å²) < 4.78 is 0. The van der Waals surface area contributed by atoms with Gasteiger partial charge in [0.05, 0.1) is 0 Å². The van der Waals surface area contributed by atoms with Crippen LogP contribution in [0.1, 0.15) is 39.0 Å². The third-order valence-electron chi connectivity index (χ3n) is 4.01. The van der Waals surface area contributed by atoms with Gasteiger partial charge in [-0.05, 0) is 31.6 Å². The Morgan fingerprint density at radius 2 is 1.79 bits per heavy atom. The molecule has 1 N–H and O–H groups in total. The van der Waals surface area contributed by atoms with E-state index in [2.05, 4.69) is 12.2 Å².